The quantitative estimate of drug-likeness (QED) is 0.545. The van der Waals surface area contributed by atoms with Crippen LogP contribution in [-0.4, -0.2) is 25.9 Å². The standard InChI is InChI=1S/C21H16FN5O3/c1-11-20-13(16-7-6-15(30-16)12-4-2-3-5-14(12)22)10-19(29)23-21(20)27(26-11)17-8-9-18(28)25-24-17/h2-9,13H,10H2,1H3,(H,23,29)(H,25,28). The Kier molecular flexibility index (Phi) is 4.09. The van der Waals surface area contributed by atoms with Gasteiger partial charge in [0.05, 0.1) is 17.2 Å². The van der Waals surface area contributed by atoms with Gasteiger partial charge < -0.3 is 9.73 Å². The van der Waals surface area contributed by atoms with Crippen LogP contribution in [0.15, 0.2) is 57.7 Å². The number of aromatic amines is 1. The molecule has 1 unspecified atom stereocenters. The molecule has 0 spiro atoms. The lowest BCUT2D eigenvalue weighted by atomic mass is 9.90. The van der Waals surface area contributed by atoms with E-state index in [4.69, 9.17) is 4.42 Å². The molecular weight excluding hydrogens is 389 g/mol. The third-order valence-electron chi connectivity index (χ3n) is 5.09. The molecule has 0 fully saturated rings. The lowest BCUT2D eigenvalue weighted by Crippen LogP contribution is -2.25. The Hall–Kier alpha value is -4.01. The molecule has 4 aromatic rings. The highest BCUT2D eigenvalue weighted by molar-refractivity contribution is 5.94. The first-order valence-corrected chi connectivity index (χ1v) is 9.31. The van der Waals surface area contributed by atoms with Gasteiger partial charge in [-0.05, 0) is 37.3 Å². The summed E-state index contributed by atoms with van der Waals surface area (Å²) in [6.45, 7) is 1.83. The highest BCUT2D eigenvalue weighted by atomic mass is 19.1. The van der Waals surface area contributed by atoms with Crippen molar-refractivity contribution in [3.63, 3.8) is 0 Å². The number of carbonyl (C=O) groups is 1. The Labute approximate surface area is 169 Å². The summed E-state index contributed by atoms with van der Waals surface area (Å²) in [5, 5.41) is 13.7. The Morgan fingerprint density at radius 3 is 2.73 bits per heavy atom. The molecule has 1 atom stereocenters. The van der Waals surface area contributed by atoms with Gasteiger partial charge in [-0.15, -0.1) is 0 Å². The fourth-order valence-corrected chi connectivity index (χ4v) is 3.76. The van der Waals surface area contributed by atoms with Crippen LogP contribution in [0, 0.1) is 12.7 Å². The van der Waals surface area contributed by atoms with Crippen molar-refractivity contribution >= 4 is 11.7 Å². The van der Waals surface area contributed by atoms with E-state index < -0.39 is 0 Å². The minimum absolute atomic E-state index is 0.169. The van der Waals surface area contributed by atoms with Gasteiger partial charge in [-0.3, -0.25) is 9.59 Å². The van der Waals surface area contributed by atoms with Crippen LogP contribution < -0.4 is 10.9 Å². The van der Waals surface area contributed by atoms with Gasteiger partial charge in [-0.1, -0.05) is 12.1 Å². The first-order chi connectivity index (χ1) is 14.5. The number of aryl methyl sites for hydroxylation is 1. The monoisotopic (exact) mass is 405 g/mol. The number of H-pyrrole nitrogens is 1. The molecule has 0 aliphatic carbocycles. The highest BCUT2D eigenvalue weighted by Crippen LogP contribution is 2.41. The molecule has 1 aliphatic rings. The minimum atomic E-state index is -0.384. The van der Waals surface area contributed by atoms with Crippen molar-refractivity contribution in [2.75, 3.05) is 5.32 Å². The molecule has 3 aromatic heterocycles. The van der Waals surface area contributed by atoms with Crippen LogP contribution in [0.25, 0.3) is 17.1 Å². The van der Waals surface area contributed by atoms with Gasteiger partial charge in [0, 0.05) is 18.1 Å². The molecule has 1 aliphatic heterocycles. The second kappa shape index (κ2) is 6.80. The molecule has 2 N–H and O–H groups in total. The summed E-state index contributed by atoms with van der Waals surface area (Å²) in [4.78, 5) is 23.8. The highest BCUT2D eigenvalue weighted by Gasteiger charge is 2.34. The predicted molar refractivity (Wildman–Crippen MR) is 106 cm³/mol. The fraction of sp³-hybridized carbons (Fsp3) is 0.143. The van der Waals surface area contributed by atoms with E-state index in [0.717, 1.165) is 5.56 Å². The van der Waals surface area contributed by atoms with Crippen LogP contribution >= 0.6 is 0 Å². The van der Waals surface area contributed by atoms with E-state index in [2.05, 4.69) is 20.6 Å². The van der Waals surface area contributed by atoms with Crippen LogP contribution in [-0.2, 0) is 4.79 Å². The molecule has 4 heterocycles. The lowest BCUT2D eigenvalue weighted by Gasteiger charge is -2.22. The van der Waals surface area contributed by atoms with Gasteiger partial charge in [0.15, 0.2) is 5.82 Å². The van der Waals surface area contributed by atoms with Crippen molar-refractivity contribution in [1.29, 1.82) is 0 Å². The number of hydrogen-bond donors (Lipinski definition) is 2. The summed E-state index contributed by atoms with van der Waals surface area (Å²) >= 11 is 0. The maximum absolute atomic E-state index is 14.1. The van der Waals surface area contributed by atoms with Crippen molar-refractivity contribution < 1.29 is 13.6 Å². The van der Waals surface area contributed by atoms with E-state index in [-0.39, 0.29) is 29.6 Å². The molecule has 1 amide bonds. The minimum Gasteiger partial charge on any atom is -0.460 e. The van der Waals surface area contributed by atoms with Gasteiger partial charge in [-0.25, -0.2) is 9.49 Å². The number of nitrogens with one attached hydrogen (secondary N) is 2. The first kappa shape index (κ1) is 18.0. The number of hydrogen-bond acceptors (Lipinski definition) is 5. The normalized spacial score (nSPS) is 15.7. The second-order valence-corrected chi connectivity index (χ2v) is 7.03. The van der Waals surface area contributed by atoms with E-state index in [1.54, 1.807) is 30.3 Å². The van der Waals surface area contributed by atoms with Crippen molar-refractivity contribution in [3.8, 4) is 17.1 Å². The van der Waals surface area contributed by atoms with Crippen molar-refractivity contribution in [2.24, 2.45) is 0 Å². The summed E-state index contributed by atoms with van der Waals surface area (Å²) in [5.41, 5.74) is 1.49. The first-order valence-electron chi connectivity index (χ1n) is 9.31. The molecule has 5 rings (SSSR count). The second-order valence-electron chi connectivity index (χ2n) is 7.03. The third-order valence-corrected chi connectivity index (χ3v) is 5.09. The zero-order valence-electron chi connectivity index (χ0n) is 15.8. The van der Waals surface area contributed by atoms with Gasteiger partial charge in [0.1, 0.15) is 23.2 Å². The molecule has 0 bridgehead atoms. The van der Waals surface area contributed by atoms with Crippen LogP contribution in [0.2, 0.25) is 0 Å². The van der Waals surface area contributed by atoms with E-state index in [9.17, 15) is 14.0 Å². The number of nitrogens with zero attached hydrogens (tertiary/aromatic N) is 3. The van der Waals surface area contributed by atoms with E-state index in [0.29, 0.717) is 34.4 Å². The number of benzene rings is 1. The zero-order chi connectivity index (χ0) is 20.8. The Morgan fingerprint density at radius 2 is 1.97 bits per heavy atom. The van der Waals surface area contributed by atoms with E-state index in [1.807, 2.05) is 6.92 Å². The Morgan fingerprint density at radius 1 is 1.13 bits per heavy atom. The molecule has 30 heavy (non-hydrogen) atoms. The number of amides is 1. The number of halogens is 1. The fourth-order valence-electron chi connectivity index (χ4n) is 3.76. The maximum atomic E-state index is 14.1. The maximum Gasteiger partial charge on any atom is 0.264 e. The van der Waals surface area contributed by atoms with Crippen LogP contribution in [0.4, 0.5) is 10.2 Å². The van der Waals surface area contributed by atoms with Gasteiger partial charge in [-0.2, -0.15) is 14.9 Å². The Bertz CT molecular complexity index is 1320. The van der Waals surface area contributed by atoms with Crippen molar-refractivity contribution in [3.05, 3.63) is 81.7 Å². The van der Waals surface area contributed by atoms with Crippen LogP contribution in [0.5, 0.6) is 0 Å². The van der Waals surface area contributed by atoms with Crippen LogP contribution in [0.3, 0.4) is 0 Å². The smallest absolute Gasteiger partial charge is 0.264 e. The zero-order valence-corrected chi connectivity index (χ0v) is 15.8. The predicted octanol–water partition coefficient (Wildman–Crippen LogP) is 3.14. The SMILES string of the molecule is Cc1nn(-c2ccc(=O)[nH]n2)c2c1C(c1ccc(-c3ccccc3F)o1)CC(=O)N2. The Balaban J connectivity index is 1.60. The molecule has 150 valence electrons. The number of carbonyl (C=O) groups excluding carboxylic acids is 1. The topological polar surface area (TPSA) is 106 Å². The van der Waals surface area contributed by atoms with Gasteiger partial charge in [0.25, 0.3) is 5.56 Å². The molecule has 0 saturated carbocycles. The number of fused-ring (bicyclic) bond motifs is 1. The molecule has 9 heteroatoms. The molecule has 0 radical (unpaired) electrons. The third kappa shape index (κ3) is 2.91. The molecular formula is C21H16FN5O3. The average molecular weight is 405 g/mol. The van der Waals surface area contributed by atoms with Gasteiger partial charge in [0.2, 0.25) is 5.91 Å². The summed E-state index contributed by atoms with van der Waals surface area (Å²) in [6.07, 6.45) is 0.169. The molecule has 0 saturated heterocycles. The van der Waals surface area contributed by atoms with Gasteiger partial charge >= 0.3 is 0 Å². The average Bonchev–Trinajstić information content (AvgIpc) is 3.34. The summed E-state index contributed by atoms with van der Waals surface area (Å²) in [5.74, 6) is 0.800. The van der Waals surface area contributed by atoms with Crippen molar-refractivity contribution in [1.82, 2.24) is 20.0 Å². The lowest BCUT2D eigenvalue weighted by molar-refractivity contribution is -0.116. The van der Waals surface area contributed by atoms with E-state index in [1.165, 1.54) is 22.9 Å². The summed E-state index contributed by atoms with van der Waals surface area (Å²) in [6, 6.07) is 12.7. The molecule has 8 nitrogen and oxygen atoms in total. The number of aromatic nitrogens is 4. The number of anilines is 1. The number of furan rings is 1. The largest absolute Gasteiger partial charge is 0.460 e. The number of rotatable bonds is 3. The molecule has 1 aromatic carbocycles. The van der Waals surface area contributed by atoms with E-state index >= 15 is 0 Å². The van der Waals surface area contributed by atoms with Crippen LogP contribution in [0.1, 0.15) is 29.4 Å². The summed E-state index contributed by atoms with van der Waals surface area (Å²) in [7, 11) is 0. The van der Waals surface area contributed by atoms with Crippen molar-refractivity contribution in [2.45, 2.75) is 19.3 Å². The summed E-state index contributed by atoms with van der Waals surface area (Å²) < 4.78 is 21.6.